The number of Topliss-reactive ketones (excluding diaryl/α,β-unsaturated/α-hetero) is 2. The van der Waals surface area contributed by atoms with Gasteiger partial charge in [-0.05, 0) is 19.1 Å². The second-order valence-electron chi connectivity index (χ2n) is 4.00. The third-order valence-electron chi connectivity index (χ3n) is 2.59. The smallest absolute Gasteiger partial charge is 0.190 e. The van der Waals surface area contributed by atoms with Crippen LogP contribution in [0.15, 0.2) is 30.6 Å². The van der Waals surface area contributed by atoms with E-state index in [9.17, 15) is 18.4 Å². The lowest BCUT2D eigenvalue weighted by Gasteiger charge is -2.04. The molecule has 1 heterocycles. The van der Waals surface area contributed by atoms with E-state index in [0.29, 0.717) is 5.56 Å². The van der Waals surface area contributed by atoms with Crippen LogP contribution in [0.25, 0.3) is 0 Å². The fourth-order valence-corrected chi connectivity index (χ4v) is 1.62. The maximum atomic E-state index is 13.4. The van der Waals surface area contributed by atoms with E-state index >= 15 is 0 Å². The molecule has 0 N–H and O–H groups in total. The molecule has 4 nitrogen and oxygen atoms in total. The van der Waals surface area contributed by atoms with Gasteiger partial charge in [-0.15, -0.1) is 0 Å². The highest BCUT2D eigenvalue weighted by atomic mass is 19.1. The lowest BCUT2D eigenvalue weighted by atomic mass is 10.1. The largest absolute Gasteiger partial charge is 0.294 e. The van der Waals surface area contributed by atoms with Crippen LogP contribution in [-0.4, -0.2) is 21.3 Å². The van der Waals surface area contributed by atoms with E-state index in [1.807, 2.05) is 0 Å². The van der Waals surface area contributed by atoms with Gasteiger partial charge in [-0.3, -0.25) is 14.3 Å². The van der Waals surface area contributed by atoms with Crippen LogP contribution in [-0.2, 0) is 6.54 Å². The number of ketones is 2. The van der Waals surface area contributed by atoms with Crippen molar-refractivity contribution in [1.82, 2.24) is 9.78 Å². The van der Waals surface area contributed by atoms with Gasteiger partial charge in [0.15, 0.2) is 11.6 Å². The van der Waals surface area contributed by atoms with E-state index in [0.717, 1.165) is 12.1 Å². The fraction of sp³-hybridized carbons (Fsp3) is 0.154. The Balaban J connectivity index is 2.23. The van der Waals surface area contributed by atoms with Crippen LogP contribution in [0.3, 0.4) is 0 Å². The molecular formula is C13H10F2N2O2. The van der Waals surface area contributed by atoms with E-state index in [-0.39, 0.29) is 12.3 Å². The normalized spacial score (nSPS) is 10.5. The standard InChI is InChI=1S/C13H10F2N2O2/c1-8(18)9-5-16-17(6-9)7-12(19)13-10(14)3-2-4-11(13)15/h2-6H,7H2,1H3. The first-order valence-corrected chi connectivity index (χ1v) is 5.49. The van der Waals surface area contributed by atoms with Crippen molar-refractivity contribution < 1.29 is 18.4 Å². The van der Waals surface area contributed by atoms with Crippen molar-refractivity contribution in [2.45, 2.75) is 13.5 Å². The molecule has 19 heavy (non-hydrogen) atoms. The van der Waals surface area contributed by atoms with Gasteiger partial charge in [-0.25, -0.2) is 8.78 Å². The molecule has 0 atom stereocenters. The van der Waals surface area contributed by atoms with Crippen molar-refractivity contribution >= 4 is 11.6 Å². The van der Waals surface area contributed by atoms with Crippen molar-refractivity contribution in [3.05, 3.63) is 53.4 Å². The summed E-state index contributed by atoms with van der Waals surface area (Å²) in [5, 5.41) is 3.79. The molecule has 0 radical (unpaired) electrons. The van der Waals surface area contributed by atoms with Gasteiger partial charge < -0.3 is 0 Å². The highest BCUT2D eigenvalue weighted by molar-refractivity contribution is 5.97. The highest BCUT2D eigenvalue weighted by Crippen LogP contribution is 2.13. The second kappa shape index (κ2) is 5.09. The predicted octanol–water partition coefficient (Wildman–Crippen LogP) is 2.25. The van der Waals surface area contributed by atoms with Gasteiger partial charge >= 0.3 is 0 Å². The monoisotopic (exact) mass is 264 g/mol. The lowest BCUT2D eigenvalue weighted by Crippen LogP contribution is -2.14. The van der Waals surface area contributed by atoms with E-state index in [1.54, 1.807) is 0 Å². The van der Waals surface area contributed by atoms with Crippen LogP contribution >= 0.6 is 0 Å². The Morgan fingerprint density at radius 3 is 2.42 bits per heavy atom. The number of carbonyl (C=O) groups is 2. The second-order valence-corrected chi connectivity index (χ2v) is 4.00. The average Bonchev–Trinajstić information content (AvgIpc) is 2.77. The summed E-state index contributed by atoms with van der Waals surface area (Å²) in [4.78, 5) is 22.9. The number of aromatic nitrogens is 2. The summed E-state index contributed by atoms with van der Waals surface area (Å²) in [5.41, 5.74) is -0.260. The molecule has 0 aliphatic carbocycles. The third-order valence-corrected chi connectivity index (χ3v) is 2.59. The minimum Gasteiger partial charge on any atom is -0.294 e. The van der Waals surface area contributed by atoms with Crippen LogP contribution in [0, 0.1) is 11.6 Å². The first-order valence-electron chi connectivity index (χ1n) is 5.49. The number of halogens is 2. The molecule has 0 spiro atoms. The number of hydrogen-bond donors (Lipinski definition) is 0. The molecule has 0 aliphatic heterocycles. The zero-order chi connectivity index (χ0) is 14.0. The van der Waals surface area contributed by atoms with E-state index in [2.05, 4.69) is 5.10 Å². The van der Waals surface area contributed by atoms with Crippen LogP contribution in [0.2, 0.25) is 0 Å². The molecule has 0 amide bonds. The summed E-state index contributed by atoms with van der Waals surface area (Å²) in [6, 6.07) is 3.21. The van der Waals surface area contributed by atoms with Gasteiger partial charge in [0.2, 0.25) is 0 Å². The summed E-state index contributed by atoms with van der Waals surface area (Å²) >= 11 is 0. The van der Waals surface area contributed by atoms with E-state index < -0.39 is 23.0 Å². The van der Waals surface area contributed by atoms with Crippen LogP contribution in [0.5, 0.6) is 0 Å². The summed E-state index contributed by atoms with van der Waals surface area (Å²) in [6.07, 6.45) is 2.66. The Morgan fingerprint density at radius 2 is 1.89 bits per heavy atom. The quantitative estimate of drug-likeness (QED) is 0.796. The van der Waals surface area contributed by atoms with Crippen molar-refractivity contribution in [3.8, 4) is 0 Å². The molecule has 2 rings (SSSR count). The van der Waals surface area contributed by atoms with Crippen molar-refractivity contribution in [2.24, 2.45) is 0 Å². The van der Waals surface area contributed by atoms with Crippen LogP contribution < -0.4 is 0 Å². The number of rotatable bonds is 4. The Morgan fingerprint density at radius 1 is 1.26 bits per heavy atom. The molecule has 1 aromatic heterocycles. The predicted molar refractivity (Wildman–Crippen MR) is 62.9 cm³/mol. The van der Waals surface area contributed by atoms with Gasteiger partial charge in [0.05, 0.1) is 17.3 Å². The fourth-order valence-electron chi connectivity index (χ4n) is 1.62. The molecule has 1 aromatic carbocycles. The Kier molecular flexibility index (Phi) is 3.50. The zero-order valence-corrected chi connectivity index (χ0v) is 10.1. The van der Waals surface area contributed by atoms with Gasteiger partial charge in [0.1, 0.15) is 18.2 Å². The van der Waals surface area contributed by atoms with Crippen molar-refractivity contribution in [2.75, 3.05) is 0 Å². The highest BCUT2D eigenvalue weighted by Gasteiger charge is 2.17. The average molecular weight is 264 g/mol. The van der Waals surface area contributed by atoms with Gasteiger partial charge in [0.25, 0.3) is 0 Å². The molecule has 6 heteroatoms. The first-order chi connectivity index (χ1) is 8.99. The lowest BCUT2D eigenvalue weighted by molar-refractivity contribution is 0.0956. The summed E-state index contributed by atoms with van der Waals surface area (Å²) in [7, 11) is 0. The topological polar surface area (TPSA) is 52.0 Å². The van der Waals surface area contributed by atoms with Gasteiger partial charge in [0, 0.05) is 6.20 Å². The minimum absolute atomic E-state index is 0.198. The Hall–Kier alpha value is -2.37. The Labute approximate surface area is 107 Å². The third kappa shape index (κ3) is 2.73. The maximum absolute atomic E-state index is 13.4. The van der Waals surface area contributed by atoms with Crippen LogP contribution in [0.1, 0.15) is 27.6 Å². The SMILES string of the molecule is CC(=O)c1cnn(CC(=O)c2c(F)cccc2F)c1. The molecule has 0 aliphatic rings. The Bertz CT molecular complexity index is 630. The molecule has 0 saturated carbocycles. The van der Waals surface area contributed by atoms with Crippen molar-refractivity contribution in [3.63, 3.8) is 0 Å². The van der Waals surface area contributed by atoms with Crippen LogP contribution in [0.4, 0.5) is 8.78 Å². The molecular weight excluding hydrogens is 254 g/mol. The van der Waals surface area contributed by atoms with Gasteiger partial charge in [-0.2, -0.15) is 5.10 Å². The summed E-state index contributed by atoms with van der Waals surface area (Å²) < 4.78 is 28.0. The molecule has 2 aromatic rings. The number of benzene rings is 1. The summed E-state index contributed by atoms with van der Waals surface area (Å²) in [5.74, 6) is -2.77. The van der Waals surface area contributed by atoms with E-state index in [4.69, 9.17) is 0 Å². The summed E-state index contributed by atoms with van der Waals surface area (Å²) in [6.45, 7) is 1.03. The molecule has 0 unspecified atom stereocenters. The molecule has 98 valence electrons. The number of hydrogen-bond acceptors (Lipinski definition) is 3. The molecule has 0 fully saturated rings. The minimum atomic E-state index is -0.913. The molecule has 0 bridgehead atoms. The first kappa shape index (κ1) is 13.1. The zero-order valence-electron chi connectivity index (χ0n) is 10.1. The van der Waals surface area contributed by atoms with Gasteiger partial charge in [-0.1, -0.05) is 6.07 Å². The van der Waals surface area contributed by atoms with E-state index in [1.165, 1.54) is 30.1 Å². The van der Waals surface area contributed by atoms with Crippen molar-refractivity contribution in [1.29, 1.82) is 0 Å². The molecule has 0 saturated heterocycles. The number of nitrogens with zero attached hydrogens (tertiary/aromatic N) is 2. The maximum Gasteiger partial charge on any atom is 0.190 e. The number of carbonyl (C=O) groups excluding carboxylic acids is 2.